The largest absolute Gasteiger partial charge is 0.311 e. The minimum Gasteiger partial charge on any atom is -0.311 e. The highest BCUT2D eigenvalue weighted by molar-refractivity contribution is 4.92. The number of piperazine rings is 1. The Morgan fingerprint density at radius 2 is 1.82 bits per heavy atom. The summed E-state index contributed by atoms with van der Waals surface area (Å²) in [7, 11) is 0. The number of hydrogen-bond acceptors (Lipinski definition) is 2. The summed E-state index contributed by atoms with van der Waals surface area (Å²) >= 11 is 0. The van der Waals surface area contributed by atoms with E-state index < -0.39 is 0 Å². The lowest BCUT2D eigenvalue weighted by Crippen LogP contribution is -2.60. The Labute approximate surface area is 68.7 Å². The van der Waals surface area contributed by atoms with Gasteiger partial charge in [0, 0.05) is 24.7 Å². The summed E-state index contributed by atoms with van der Waals surface area (Å²) in [5, 5.41) is 7.26. The van der Waals surface area contributed by atoms with Crippen LogP contribution in [0.2, 0.25) is 0 Å². The highest BCUT2D eigenvalue weighted by Gasteiger charge is 2.29. The van der Waals surface area contributed by atoms with E-state index in [1.165, 1.54) is 25.7 Å². The first-order valence-electron chi connectivity index (χ1n) is 4.86. The van der Waals surface area contributed by atoms with E-state index in [0.29, 0.717) is 6.04 Å². The first kappa shape index (κ1) is 7.56. The van der Waals surface area contributed by atoms with E-state index in [2.05, 4.69) is 17.6 Å². The van der Waals surface area contributed by atoms with Crippen molar-refractivity contribution < 1.29 is 0 Å². The molecular weight excluding hydrogens is 136 g/mol. The van der Waals surface area contributed by atoms with Gasteiger partial charge in [0.15, 0.2) is 0 Å². The Kier molecular flexibility index (Phi) is 2.14. The molecule has 3 atom stereocenters. The summed E-state index contributed by atoms with van der Waals surface area (Å²) in [5.74, 6) is 0. The van der Waals surface area contributed by atoms with Gasteiger partial charge in [-0.3, -0.25) is 0 Å². The molecular formula is C9H18N2. The van der Waals surface area contributed by atoms with Crippen LogP contribution in [-0.2, 0) is 0 Å². The molecule has 64 valence electrons. The fourth-order valence-electron chi connectivity index (χ4n) is 2.33. The van der Waals surface area contributed by atoms with Gasteiger partial charge in [-0.15, -0.1) is 0 Å². The molecule has 0 aromatic carbocycles. The molecule has 0 bridgehead atoms. The average molecular weight is 154 g/mol. The molecule has 0 radical (unpaired) electrons. The molecule has 0 aromatic rings. The van der Waals surface area contributed by atoms with Crippen LogP contribution in [0.5, 0.6) is 0 Å². The van der Waals surface area contributed by atoms with E-state index in [1.54, 1.807) is 0 Å². The van der Waals surface area contributed by atoms with Gasteiger partial charge in [0.2, 0.25) is 0 Å². The molecule has 2 aliphatic rings. The molecule has 0 aromatic heterocycles. The maximum absolute atomic E-state index is 3.66. The molecule has 2 heteroatoms. The summed E-state index contributed by atoms with van der Waals surface area (Å²) in [5.41, 5.74) is 0. The Morgan fingerprint density at radius 3 is 2.64 bits per heavy atom. The fraction of sp³-hybridized carbons (Fsp3) is 1.00. The van der Waals surface area contributed by atoms with Crippen LogP contribution in [0.15, 0.2) is 0 Å². The molecule has 1 heterocycles. The zero-order valence-electron chi connectivity index (χ0n) is 7.27. The smallest absolute Gasteiger partial charge is 0.0224 e. The first-order chi connectivity index (χ1) is 5.36. The van der Waals surface area contributed by atoms with Gasteiger partial charge in [-0.2, -0.15) is 0 Å². The van der Waals surface area contributed by atoms with Crippen molar-refractivity contribution in [1.29, 1.82) is 0 Å². The second-order valence-corrected chi connectivity index (χ2v) is 3.97. The molecule has 2 fully saturated rings. The summed E-state index contributed by atoms with van der Waals surface area (Å²) in [4.78, 5) is 0. The van der Waals surface area contributed by atoms with Crippen LogP contribution in [0, 0.1) is 0 Å². The average Bonchev–Trinajstić information content (AvgIpc) is 2.04. The molecule has 1 aliphatic heterocycles. The fourth-order valence-corrected chi connectivity index (χ4v) is 2.33. The van der Waals surface area contributed by atoms with Gasteiger partial charge in [-0.25, -0.2) is 0 Å². The number of hydrogen-bond donors (Lipinski definition) is 2. The SMILES string of the molecule is C[C@H]1CN[C@H]2CCCC[C@@H]2N1. The minimum absolute atomic E-state index is 0.675. The van der Waals surface area contributed by atoms with Crippen LogP contribution in [0.1, 0.15) is 32.6 Å². The molecule has 11 heavy (non-hydrogen) atoms. The van der Waals surface area contributed by atoms with Crippen molar-refractivity contribution in [2.45, 2.75) is 50.7 Å². The Balaban J connectivity index is 1.93. The van der Waals surface area contributed by atoms with E-state index in [-0.39, 0.29) is 0 Å². The predicted molar refractivity (Wildman–Crippen MR) is 46.6 cm³/mol. The molecule has 0 spiro atoms. The third kappa shape index (κ3) is 1.57. The second kappa shape index (κ2) is 3.11. The molecule has 1 aliphatic carbocycles. The van der Waals surface area contributed by atoms with Crippen LogP contribution < -0.4 is 10.6 Å². The zero-order valence-corrected chi connectivity index (χ0v) is 7.27. The summed E-state index contributed by atoms with van der Waals surface area (Å²) < 4.78 is 0. The Bertz CT molecular complexity index is 136. The number of rotatable bonds is 0. The lowest BCUT2D eigenvalue weighted by Gasteiger charge is -2.40. The van der Waals surface area contributed by atoms with Gasteiger partial charge >= 0.3 is 0 Å². The van der Waals surface area contributed by atoms with Crippen LogP contribution in [0.3, 0.4) is 0 Å². The van der Waals surface area contributed by atoms with Crippen molar-refractivity contribution in [3.05, 3.63) is 0 Å². The molecule has 1 saturated carbocycles. The van der Waals surface area contributed by atoms with Crippen LogP contribution >= 0.6 is 0 Å². The van der Waals surface area contributed by atoms with Gasteiger partial charge in [0.25, 0.3) is 0 Å². The molecule has 2 rings (SSSR count). The highest BCUT2D eigenvalue weighted by Crippen LogP contribution is 2.20. The predicted octanol–water partition coefficient (Wildman–Crippen LogP) is 0.879. The van der Waals surface area contributed by atoms with Gasteiger partial charge < -0.3 is 10.6 Å². The van der Waals surface area contributed by atoms with Crippen molar-refractivity contribution in [1.82, 2.24) is 10.6 Å². The van der Waals surface area contributed by atoms with E-state index in [0.717, 1.165) is 18.6 Å². The quantitative estimate of drug-likeness (QED) is 0.541. The van der Waals surface area contributed by atoms with Gasteiger partial charge in [0.1, 0.15) is 0 Å². The van der Waals surface area contributed by atoms with E-state index in [1.807, 2.05) is 0 Å². The van der Waals surface area contributed by atoms with Crippen molar-refractivity contribution in [2.24, 2.45) is 0 Å². The molecule has 0 unspecified atom stereocenters. The van der Waals surface area contributed by atoms with Crippen LogP contribution in [-0.4, -0.2) is 24.7 Å². The lowest BCUT2D eigenvalue weighted by molar-refractivity contribution is 0.219. The number of fused-ring (bicyclic) bond motifs is 1. The van der Waals surface area contributed by atoms with Crippen LogP contribution in [0.25, 0.3) is 0 Å². The third-order valence-corrected chi connectivity index (χ3v) is 2.95. The monoisotopic (exact) mass is 154 g/mol. The second-order valence-electron chi connectivity index (χ2n) is 3.97. The van der Waals surface area contributed by atoms with E-state index >= 15 is 0 Å². The Hall–Kier alpha value is -0.0800. The zero-order chi connectivity index (χ0) is 7.68. The van der Waals surface area contributed by atoms with E-state index in [9.17, 15) is 0 Å². The Morgan fingerprint density at radius 1 is 1.09 bits per heavy atom. The van der Waals surface area contributed by atoms with Gasteiger partial charge in [-0.1, -0.05) is 12.8 Å². The van der Waals surface area contributed by atoms with Crippen molar-refractivity contribution >= 4 is 0 Å². The molecule has 1 saturated heterocycles. The maximum atomic E-state index is 3.66. The lowest BCUT2D eigenvalue weighted by atomic mass is 9.88. The van der Waals surface area contributed by atoms with Gasteiger partial charge in [0.05, 0.1) is 0 Å². The summed E-state index contributed by atoms with van der Waals surface area (Å²) in [6, 6.07) is 2.22. The van der Waals surface area contributed by atoms with Crippen molar-refractivity contribution in [3.8, 4) is 0 Å². The van der Waals surface area contributed by atoms with Crippen molar-refractivity contribution in [2.75, 3.05) is 6.54 Å². The third-order valence-electron chi connectivity index (χ3n) is 2.95. The van der Waals surface area contributed by atoms with Crippen molar-refractivity contribution in [3.63, 3.8) is 0 Å². The molecule has 2 nitrogen and oxygen atoms in total. The van der Waals surface area contributed by atoms with Crippen LogP contribution in [0.4, 0.5) is 0 Å². The first-order valence-corrected chi connectivity index (χ1v) is 4.86. The summed E-state index contributed by atoms with van der Waals surface area (Å²) in [6.07, 6.45) is 5.60. The minimum atomic E-state index is 0.675. The standard InChI is InChI=1S/C9H18N2/c1-7-6-10-8-4-2-3-5-9(8)11-7/h7-11H,2-6H2,1H3/t7-,8-,9-/m0/s1. The topological polar surface area (TPSA) is 24.1 Å². The molecule has 0 amide bonds. The summed E-state index contributed by atoms with van der Waals surface area (Å²) in [6.45, 7) is 3.42. The highest BCUT2D eigenvalue weighted by atomic mass is 15.1. The number of nitrogens with one attached hydrogen (secondary N) is 2. The normalized spacial score (nSPS) is 45.0. The maximum Gasteiger partial charge on any atom is 0.0224 e. The van der Waals surface area contributed by atoms with Gasteiger partial charge in [-0.05, 0) is 19.8 Å². The molecule has 2 N–H and O–H groups in total. The van der Waals surface area contributed by atoms with E-state index in [4.69, 9.17) is 0 Å².